The predicted molar refractivity (Wildman–Crippen MR) is 79.5 cm³/mol. The molecule has 1 unspecified atom stereocenters. The van der Waals surface area contributed by atoms with E-state index in [0.29, 0.717) is 31.8 Å². The molecule has 0 aromatic carbocycles. The molecule has 116 valence electrons. The van der Waals surface area contributed by atoms with Crippen LogP contribution >= 0.6 is 0 Å². The van der Waals surface area contributed by atoms with Crippen molar-refractivity contribution in [3.8, 4) is 0 Å². The first-order valence-corrected chi connectivity index (χ1v) is 7.55. The van der Waals surface area contributed by atoms with Gasteiger partial charge in [0.25, 0.3) is 0 Å². The van der Waals surface area contributed by atoms with Gasteiger partial charge in [0.15, 0.2) is 0 Å². The Morgan fingerprint density at radius 3 is 2.86 bits per heavy atom. The first kappa shape index (κ1) is 15.5. The lowest BCUT2D eigenvalue weighted by Gasteiger charge is -2.39. The largest absolute Gasteiger partial charge is 0.339 e. The molecule has 0 saturated carbocycles. The van der Waals surface area contributed by atoms with Gasteiger partial charge in [-0.15, -0.1) is 0 Å². The number of rotatable bonds is 5. The number of carbonyl (C=O) groups excluding carboxylic acids is 2. The quantitative estimate of drug-likeness (QED) is 0.882. The van der Waals surface area contributed by atoms with E-state index >= 15 is 0 Å². The summed E-state index contributed by atoms with van der Waals surface area (Å²) in [6.45, 7) is 8.05. The van der Waals surface area contributed by atoms with E-state index in [0.717, 1.165) is 12.1 Å². The van der Waals surface area contributed by atoms with Crippen LogP contribution in [0.2, 0.25) is 0 Å². The molecule has 0 aliphatic carbocycles. The van der Waals surface area contributed by atoms with Gasteiger partial charge in [-0.2, -0.15) is 5.10 Å². The lowest BCUT2D eigenvalue weighted by Crippen LogP contribution is -2.58. The summed E-state index contributed by atoms with van der Waals surface area (Å²) in [7, 11) is 0. The molecular weight excluding hydrogens is 268 g/mol. The molecule has 6 heteroatoms. The highest BCUT2D eigenvalue weighted by molar-refractivity contribution is 5.88. The first-order chi connectivity index (χ1) is 9.99. The number of aromatic amines is 1. The molecular formula is C15H24N4O2. The zero-order valence-corrected chi connectivity index (χ0v) is 13.0. The number of H-pyrrole nitrogens is 1. The summed E-state index contributed by atoms with van der Waals surface area (Å²) in [6.07, 6.45) is 4.59. The molecule has 1 atom stereocenters. The predicted octanol–water partition coefficient (Wildman–Crippen LogP) is 1.06. The molecule has 1 fully saturated rings. The van der Waals surface area contributed by atoms with Crippen molar-refractivity contribution in [2.75, 3.05) is 19.6 Å². The number of amides is 2. The van der Waals surface area contributed by atoms with E-state index in [1.807, 2.05) is 11.8 Å². The number of hydrogen-bond donors (Lipinski definition) is 1. The molecule has 6 nitrogen and oxygen atoms in total. The van der Waals surface area contributed by atoms with Gasteiger partial charge in [0.1, 0.15) is 6.04 Å². The third-order valence-corrected chi connectivity index (χ3v) is 3.84. The number of carbonyl (C=O) groups is 2. The third-order valence-electron chi connectivity index (χ3n) is 3.84. The Morgan fingerprint density at radius 2 is 2.24 bits per heavy atom. The summed E-state index contributed by atoms with van der Waals surface area (Å²) in [4.78, 5) is 28.2. The van der Waals surface area contributed by atoms with Crippen LogP contribution in [-0.4, -0.2) is 57.5 Å². The monoisotopic (exact) mass is 292 g/mol. The third kappa shape index (κ3) is 3.83. The van der Waals surface area contributed by atoms with Crippen molar-refractivity contribution in [1.29, 1.82) is 0 Å². The minimum Gasteiger partial charge on any atom is -0.339 e. The van der Waals surface area contributed by atoms with Crippen molar-refractivity contribution in [3.05, 3.63) is 18.0 Å². The molecule has 1 N–H and O–H groups in total. The fourth-order valence-corrected chi connectivity index (χ4v) is 2.70. The van der Waals surface area contributed by atoms with Crippen molar-refractivity contribution in [2.45, 2.75) is 39.7 Å². The van der Waals surface area contributed by atoms with Crippen molar-refractivity contribution in [1.82, 2.24) is 20.0 Å². The van der Waals surface area contributed by atoms with E-state index in [2.05, 4.69) is 24.0 Å². The van der Waals surface area contributed by atoms with Gasteiger partial charge >= 0.3 is 0 Å². The number of nitrogens with zero attached hydrogens (tertiary/aromatic N) is 3. The first-order valence-electron chi connectivity index (χ1n) is 7.55. The maximum Gasteiger partial charge on any atom is 0.245 e. The Balaban J connectivity index is 1.89. The van der Waals surface area contributed by atoms with Gasteiger partial charge < -0.3 is 9.80 Å². The maximum atomic E-state index is 12.3. The summed E-state index contributed by atoms with van der Waals surface area (Å²) in [6, 6.07) is -0.352. The number of aromatic nitrogens is 2. The molecule has 1 aliphatic heterocycles. The van der Waals surface area contributed by atoms with E-state index in [1.54, 1.807) is 17.3 Å². The van der Waals surface area contributed by atoms with Crippen LogP contribution in [0.5, 0.6) is 0 Å². The summed E-state index contributed by atoms with van der Waals surface area (Å²) >= 11 is 0. The van der Waals surface area contributed by atoms with Crippen molar-refractivity contribution >= 4 is 11.8 Å². The molecule has 0 bridgehead atoms. The molecule has 0 spiro atoms. The van der Waals surface area contributed by atoms with Crippen LogP contribution in [-0.2, 0) is 16.0 Å². The van der Waals surface area contributed by atoms with E-state index in [1.165, 1.54) is 0 Å². The van der Waals surface area contributed by atoms with E-state index < -0.39 is 0 Å². The Labute approximate surface area is 125 Å². The fraction of sp³-hybridized carbons (Fsp3) is 0.667. The zero-order chi connectivity index (χ0) is 15.4. The highest BCUT2D eigenvalue weighted by atomic mass is 16.2. The lowest BCUT2D eigenvalue weighted by atomic mass is 10.1. The molecule has 2 rings (SSSR count). The summed E-state index contributed by atoms with van der Waals surface area (Å²) in [5.74, 6) is 0.553. The molecule has 1 aliphatic rings. The Hall–Kier alpha value is -1.85. The lowest BCUT2D eigenvalue weighted by molar-refractivity contribution is -0.151. The SMILES string of the molecule is CC(C)CN1CCN(C(=O)CCc2cn[nH]c2)C(C)C1=O. The fourth-order valence-electron chi connectivity index (χ4n) is 2.70. The van der Waals surface area contributed by atoms with Crippen LogP contribution in [0.3, 0.4) is 0 Å². The molecule has 2 heterocycles. The van der Waals surface area contributed by atoms with Gasteiger partial charge in [0.2, 0.25) is 11.8 Å². The topological polar surface area (TPSA) is 69.3 Å². The summed E-state index contributed by atoms with van der Waals surface area (Å²) in [5, 5.41) is 6.60. The molecule has 1 saturated heterocycles. The van der Waals surface area contributed by atoms with E-state index in [-0.39, 0.29) is 17.9 Å². The van der Waals surface area contributed by atoms with Gasteiger partial charge in [-0.3, -0.25) is 14.7 Å². The molecule has 2 amide bonds. The number of aryl methyl sites for hydroxylation is 1. The molecule has 0 radical (unpaired) electrons. The number of hydrogen-bond acceptors (Lipinski definition) is 3. The van der Waals surface area contributed by atoms with Crippen LogP contribution in [0.1, 0.15) is 32.8 Å². The van der Waals surface area contributed by atoms with Crippen molar-refractivity contribution in [2.24, 2.45) is 5.92 Å². The van der Waals surface area contributed by atoms with Crippen LogP contribution < -0.4 is 0 Å². The van der Waals surface area contributed by atoms with Gasteiger partial charge in [0, 0.05) is 32.3 Å². The Kier molecular flexibility index (Phi) is 4.98. The van der Waals surface area contributed by atoms with Gasteiger partial charge in [-0.25, -0.2) is 0 Å². The highest BCUT2D eigenvalue weighted by Crippen LogP contribution is 2.15. The average molecular weight is 292 g/mol. The number of piperazine rings is 1. The second-order valence-electron chi connectivity index (χ2n) is 6.05. The van der Waals surface area contributed by atoms with Gasteiger partial charge in [-0.05, 0) is 24.8 Å². The van der Waals surface area contributed by atoms with Crippen molar-refractivity contribution < 1.29 is 9.59 Å². The summed E-state index contributed by atoms with van der Waals surface area (Å²) in [5.41, 5.74) is 1.01. The maximum absolute atomic E-state index is 12.3. The smallest absolute Gasteiger partial charge is 0.245 e. The van der Waals surface area contributed by atoms with Crippen LogP contribution in [0.15, 0.2) is 12.4 Å². The Morgan fingerprint density at radius 1 is 1.48 bits per heavy atom. The average Bonchev–Trinajstić information content (AvgIpc) is 2.94. The van der Waals surface area contributed by atoms with E-state index in [9.17, 15) is 9.59 Å². The minimum absolute atomic E-state index is 0.0428. The normalized spacial score (nSPS) is 19.4. The second kappa shape index (κ2) is 6.74. The van der Waals surface area contributed by atoms with E-state index in [4.69, 9.17) is 0 Å². The molecule has 21 heavy (non-hydrogen) atoms. The standard InChI is InChI=1S/C15H24N4O2/c1-11(2)10-18-6-7-19(12(3)15(18)21)14(20)5-4-13-8-16-17-9-13/h8-9,11-12H,4-7,10H2,1-3H3,(H,16,17). The van der Waals surface area contributed by atoms with Crippen LogP contribution in [0.4, 0.5) is 0 Å². The zero-order valence-electron chi connectivity index (χ0n) is 13.0. The molecule has 1 aromatic heterocycles. The van der Waals surface area contributed by atoms with Crippen LogP contribution in [0, 0.1) is 5.92 Å². The minimum atomic E-state index is -0.352. The second-order valence-corrected chi connectivity index (χ2v) is 6.05. The Bertz CT molecular complexity index is 484. The van der Waals surface area contributed by atoms with Crippen molar-refractivity contribution in [3.63, 3.8) is 0 Å². The number of nitrogens with one attached hydrogen (secondary N) is 1. The summed E-state index contributed by atoms with van der Waals surface area (Å²) < 4.78 is 0. The van der Waals surface area contributed by atoms with Gasteiger partial charge in [0.05, 0.1) is 6.20 Å². The van der Waals surface area contributed by atoms with Crippen LogP contribution in [0.25, 0.3) is 0 Å². The highest BCUT2D eigenvalue weighted by Gasteiger charge is 2.33. The molecule has 1 aromatic rings. The van der Waals surface area contributed by atoms with Gasteiger partial charge in [-0.1, -0.05) is 13.8 Å².